The summed E-state index contributed by atoms with van der Waals surface area (Å²) in [5, 5.41) is 0. The third-order valence-corrected chi connectivity index (χ3v) is 11.5. The number of allylic oxidation sites excluding steroid dienone is 4. The minimum Gasteiger partial charge on any atom is -0.310 e. The molecule has 1 spiro atoms. The summed E-state index contributed by atoms with van der Waals surface area (Å²) in [6.07, 6.45) is 5.02. The minimum atomic E-state index is -0.470. The Hall–Kier alpha value is -5.84. The van der Waals surface area contributed by atoms with Crippen molar-refractivity contribution in [3.05, 3.63) is 190 Å². The molecule has 1 heteroatoms. The van der Waals surface area contributed by atoms with Crippen LogP contribution in [0.5, 0.6) is 0 Å². The van der Waals surface area contributed by atoms with Gasteiger partial charge in [-0.15, -0.1) is 0 Å². The van der Waals surface area contributed by atoms with Gasteiger partial charge in [-0.1, -0.05) is 134 Å². The van der Waals surface area contributed by atoms with Crippen LogP contribution in [0.2, 0.25) is 0 Å². The van der Waals surface area contributed by atoms with E-state index in [1.165, 1.54) is 83.7 Å². The highest BCUT2D eigenvalue weighted by Crippen LogP contribution is 2.65. The van der Waals surface area contributed by atoms with Crippen molar-refractivity contribution in [3.63, 3.8) is 0 Å². The van der Waals surface area contributed by atoms with Gasteiger partial charge in [0.2, 0.25) is 0 Å². The Labute approximate surface area is 288 Å². The topological polar surface area (TPSA) is 3.24 Å². The van der Waals surface area contributed by atoms with Gasteiger partial charge in [-0.2, -0.15) is 0 Å². The molecule has 0 radical (unpaired) electrons. The fraction of sp³-hybridized carbons (Fsp3) is 0.125. The van der Waals surface area contributed by atoms with E-state index in [-0.39, 0.29) is 5.41 Å². The van der Waals surface area contributed by atoms with Crippen LogP contribution < -0.4 is 4.90 Å². The van der Waals surface area contributed by atoms with Crippen LogP contribution in [0.25, 0.3) is 27.8 Å². The van der Waals surface area contributed by atoms with Gasteiger partial charge >= 0.3 is 0 Å². The maximum absolute atomic E-state index is 3.53. The average Bonchev–Trinajstić information content (AvgIpc) is 3.55. The zero-order chi connectivity index (χ0) is 32.9. The summed E-state index contributed by atoms with van der Waals surface area (Å²) in [5.74, 6) is 6.85. The normalized spacial score (nSPS) is 18.1. The van der Waals surface area contributed by atoms with E-state index in [1.54, 1.807) is 0 Å². The zero-order valence-corrected chi connectivity index (χ0v) is 28.0. The SMILES string of the molecule is Cc1ccc2c(c1)C1(C3=C2C=CC#CC3)c2ccccc2-c2cccc(N(c3ccccc3)c3ccc4c(c3)C(C)(C)c3ccccc3-4)c21. The van der Waals surface area contributed by atoms with Crippen molar-refractivity contribution in [2.75, 3.05) is 4.90 Å². The molecule has 0 saturated carbocycles. The molecular weight excluding hydrogens is 591 g/mol. The fourth-order valence-corrected chi connectivity index (χ4v) is 9.43. The number of hydrogen-bond acceptors (Lipinski definition) is 1. The fourth-order valence-electron chi connectivity index (χ4n) is 9.43. The second-order valence-electron chi connectivity index (χ2n) is 14.3. The highest BCUT2D eigenvalue weighted by molar-refractivity contribution is 6.01. The minimum absolute atomic E-state index is 0.104. The van der Waals surface area contributed by atoms with E-state index in [4.69, 9.17) is 0 Å². The number of fused-ring (bicyclic) bond motifs is 12. The van der Waals surface area contributed by atoms with Crippen molar-refractivity contribution in [2.45, 2.75) is 38.0 Å². The van der Waals surface area contributed by atoms with E-state index >= 15 is 0 Å². The number of nitrogens with zero attached hydrogens (tertiary/aromatic N) is 1. The molecule has 4 aliphatic carbocycles. The van der Waals surface area contributed by atoms with Crippen LogP contribution in [-0.4, -0.2) is 0 Å². The van der Waals surface area contributed by atoms with Crippen molar-refractivity contribution in [2.24, 2.45) is 0 Å². The molecule has 4 aliphatic rings. The average molecular weight is 626 g/mol. The molecule has 232 valence electrons. The molecule has 0 aromatic heterocycles. The lowest BCUT2D eigenvalue weighted by atomic mass is 9.68. The first kappa shape index (κ1) is 28.2. The van der Waals surface area contributed by atoms with Gasteiger partial charge in [0.05, 0.1) is 11.1 Å². The number of para-hydroxylation sites is 1. The van der Waals surface area contributed by atoms with Gasteiger partial charge in [-0.25, -0.2) is 0 Å². The summed E-state index contributed by atoms with van der Waals surface area (Å²) in [6.45, 7) is 6.96. The van der Waals surface area contributed by atoms with Gasteiger partial charge in [0.25, 0.3) is 0 Å². The Bertz CT molecular complexity index is 2510. The molecule has 0 aliphatic heterocycles. The molecule has 0 bridgehead atoms. The summed E-state index contributed by atoms with van der Waals surface area (Å²) in [7, 11) is 0. The summed E-state index contributed by atoms with van der Waals surface area (Å²) in [4.78, 5) is 2.51. The predicted octanol–water partition coefficient (Wildman–Crippen LogP) is 11.8. The molecule has 1 unspecified atom stereocenters. The Morgan fingerprint density at radius 3 is 2.10 bits per heavy atom. The van der Waals surface area contributed by atoms with E-state index in [0.717, 1.165) is 12.1 Å². The molecule has 6 aromatic carbocycles. The van der Waals surface area contributed by atoms with Crippen molar-refractivity contribution in [1.82, 2.24) is 0 Å². The number of hydrogen-bond donors (Lipinski definition) is 0. The molecular formula is C48H35N. The quantitative estimate of drug-likeness (QED) is 0.177. The van der Waals surface area contributed by atoms with E-state index in [0.29, 0.717) is 0 Å². The maximum Gasteiger partial charge on any atom is 0.0718 e. The van der Waals surface area contributed by atoms with Crippen LogP contribution in [0.3, 0.4) is 0 Å². The van der Waals surface area contributed by atoms with Crippen molar-refractivity contribution in [1.29, 1.82) is 0 Å². The van der Waals surface area contributed by atoms with E-state index in [2.05, 4.69) is 177 Å². The first-order valence-electron chi connectivity index (χ1n) is 17.3. The van der Waals surface area contributed by atoms with E-state index < -0.39 is 5.41 Å². The number of anilines is 3. The molecule has 6 aromatic rings. The molecule has 1 atom stereocenters. The number of aryl methyl sites for hydroxylation is 1. The molecule has 0 N–H and O–H groups in total. The second-order valence-corrected chi connectivity index (χ2v) is 14.3. The largest absolute Gasteiger partial charge is 0.310 e. The molecule has 10 rings (SSSR count). The van der Waals surface area contributed by atoms with E-state index in [9.17, 15) is 0 Å². The standard InChI is InChI=1S/C48H35N/c1-31-25-27-38-35-17-8-5-9-22-41(35)48(44(38)29-31)42-23-13-11-19-36(42)39-20-14-24-45(46(39)48)49(32-15-6-4-7-16-32)33-26-28-37-34-18-10-12-21-40(34)47(2,3)43(37)30-33/h4,6-8,10-21,23-30H,22H2,1-3H3. The van der Waals surface area contributed by atoms with Gasteiger partial charge in [0.15, 0.2) is 0 Å². The van der Waals surface area contributed by atoms with Gasteiger partial charge < -0.3 is 4.90 Å². The van der Waals surface area contributed by atoms with Crippen LogP contribution in [0.4, 0.5) is 17.1 Å². The molecule has 0 heterocycles. The van der Waals surface area contributed by atoms with Crippen LogP contribution in [-0.2, 0) is 10.8 Å². The maximum atomic E-state index is 3.53. The van der Waals surface area contributed by atoms with Crippen LogP contribution >= 0.6 is 0 Å². The Morgan fingerprint density at radius 1 is 0.571 bits per heavy atom. The lowest BCUT2D eigenvalue weighted by Crippen LogP contribution is -2.29. The Morgan fingerprint density at radius 2 is 1.27 bits per heavy atom. The summed E-state index contributed by atoms with van der Waals surface area (Å²) in [6, 6.07) is 50.0. The Balaban J connectivity index is 1.30. The zero-order valence-electron chi connectivity index (χ0n) is 28.0. The first-order chi connectivity index (χ1) is 24.0. The van der Waals surface area contributed by atoms with Crippen molar-refractivity contribution >= 4 is 22.6 Å². The lowest BCUT2D eigenvalue weighted by Gasteiger charge is -2.37. The third kappa shape index (κ3) is 3.67. The molecule has 0 amide bonds. The highest BCUT2D eigenvalue weighted by atomic mass is 15.1. The summed E-state index contributed by atoms with van der Waals surface area (Å²) < 4.78 is 0. The molecule has 49 heavy (non-hydrogen) atoms. The molecule has 0 saturated heterocycles. The van der Waals surface area contributed by atoms with Crippen LogP contribution in [0, 0.1) is 18.8 Å². The molecule has 0 fully saturated rings. The number of benzene rings is 6. The third-order valence-electron chi connectivity index (χ3n) is 11.5. The molecule has 1 nitrogen and oxygen atoms in total. The lowest BCUT2D eigenvalue weighted by molar-refractivity contribution is 0.660. The smallest absolute Gasteiger partial charge is 0.0718 e. The van der Waals surface area contributed by atoms with Gasteiger partial charge in [-0.3, -0.25) is 0 Å². The van der Waals surface area contributed by atoms with Gasteiger partial charge in [0, 0.05) is 28.8 Å². The Kier molecular flexibility index (Phi) is 5.80. The predicted molar refractivity (Wildman–Crippen MR) is 204 cm³/mol. The van der Waals surface area contributed by atoms with Gasteiger partial charge in [-0.05, 0) is 111 Å². The number of rotatable bonds is 3. The van der Waals surface area contributed by atoms with Crippen LogP contribution in [0.1, 0.15) is 59.2 Å². The summed E-state index contributed by atoms with van der Waals surface area (Å²) in [5.41, 5.74) is 20.3. The second kappa shape index (κ2) is 10.1. The monoisotopic (exact) mass is 625 g/mol. The first-order valence-corrected chi connectivity index (χ1v) is 17.3. The van der Waals surface area contributed by atoms with E-state index in [1.807, 2.05) is 6.08 Å². The van der Waals surface area contributed by atoms with Crippen molar-refractivity contribution < 1.29 is 0 Å². The van der Waals surface area contributed by atoms with Crippen LogP contribution in [0.15, 0.2) is 151 Å². The van der Waals surface area contributed by atoms with Crippen molar-refractivity contribution in [3.8, 4) is 34.1 Å². The van der Waals surface area contributed by atoms with Gasteiger partial charge in [0.1, 0.15) is 0 Å². The summed E-state index contributed by atoms with van der Waals surface area (Å²) >= 11 is 0. The highest BCUT2D eigenvalue weighted by Gasteiger charge is 2.54.